The Kier molecular flexibility index (Phi) is 6.09. The zero-order valence-electron chi connectivity index (χ0n) is 17.3. The number of ether oxygens (including phenoxy) is 1. The van der Waals surface area contributed by atoms with Crippen LogP contribution in [0.5, 0.6) is 0 Å². The lowest BCUT2D eigenvalue weighted by atomic mass is 9.98. The van der Waals surface area contributed by atoms with Crippen LogP contribution in [0.3, 0.4) is 0 Å². The summed E-state index contributed by atoms with van der Waals surface area (Å²) >= 11 is 6.29. The molecule has 2 N–H and O–H groups in total. The topological polar surface area (TPSA) is 48.9 Å². The van der Waals surface area contributed by atoms with Crippen molar-refractivity contribution in [2.45, 2.75) is 32.2 Å². The van der Waals surface area contributed by atoms with Crippen molar-refractivity contribution in [1.29, 1.82) is 0 Å². The second-order valence-electron chi connectivity index (χ2n) is 8.06. The van der Waals surface area contributed by atoms with Crippen LogP contribution in [0.1, 0.15) is 37.3 Å². The monoisotopic (exact) mass is 412 g/mol. The highest BCUT2D eigenvalue weighted by atomic mass is 35.5. The maximum absolute atomic E-state index is 6.29. The van der Waals surface area contributed by atoms with Crippen molar-refractivity contribution in [1.82, 2.24) is 10.2 Å². The minimum Gasteiger partial charge on any atom is -0.385 e. The fourth-order valence-electron chi connectivity index (χ4n) is 3.95. The van der Waals surface area contributed by atoms with E-state index in [2.05, 4.69) is 47.6 Å². The van der Waals surface area contributed by atoms with Gasteiger partial charge in [0.1, 0.15) is 5.84 Å². The van der Waals surface area contributed by atoms with Crippen LogP contribution >= 0.6 is 11.6 Å². The first kappa shape index (κ1) is 20.2. The number of halogens is 1. The van der Waals surface area contributed by atoms with Gasteiger partial charge in [-0.2, -0.15) is 0 Å². The van der Waals surface area contributed by atoms with E-state index >= 15 is 0 Å². The van der Waals surface area contributed by atoms with Gasteiger partial charge in [-0.25, -0.2) is 4.99 Å². The molecular formula is C23H29ClN4O. The second-order valence-corrected chi connectivity index (χ2v) is 8.50. The number of fused-ring (bicyclic) bond motifs is 2. The van der Waals surface area contributed by atoms with Crippen LogP contribution in [-0.2, 0) is 4.74 Å². The van der Waals surface area contributed by atoms with Gasteiger partial charge in [-0.15, -0.1) is 0 Å². The molecule has 0 unspecified atom stereocenters. The summed E-state index contributed by atoms with van der Waals surface area (Å²) in [7, 11) is 1.76. The summed E-state index contributed by atoms with van der Waals surface area (Å²) in [6.07, 6.45) is 0.986. The molecule has 2 aliphatic rings. The molecule has 0 aromatic heterocycles. The molecule has 0 aliphatic carbocycles. The highest BCUT2D eigenvalue weighted by Crippen LogP contribution is 2.37. The largest absolute Gasteiger partial charge is 0.385 e. The van der Waals surface area contributed by atoms with Gasteiger partial charge < -0.3 is 20.3 Å². The second kappa shape index (κ2) is 8.74. The molecule has 0 bridgehead atoms. The van der Waals surface area contributed by atoms with E-state index in [9.17, 15) is 0 Å². The molecule has 2 aromatic carbocycles. The number of piperazine rings is 1. The van der Waals surface area contributed by atoms with Gasteiger partial charge in [0.25, 0.3) is 0 Å². The SMILES string of the molecule is COCC[C@H]1CN(C2=Nc3cc(Cl)ccc3Nc3ccc(C(C)C)cc32)CCN1. The average Bonchev–Trinajstić information content (AvgIpc) is 2.88. The minimum absolute atomic E-state index is 0.387. The van der Waals surface area contributed by atoms with E-state index in [1.165, 1.54) is 5.56 Å². The number of rotatable bonds is 4. The average molecular weight is 413 g/mol. The van der Waals surface area contributed by atoms with Crippen molar-refractivity contribution in [2.24, 2.45) is 4.99 Å². The molecular weight excluding hydrogens is 384 g/mol. The summed E-state index contributed by atoms with van der Waals surface area (Å²) in [5, 5.41) is 7.88. The molecule has 29 heavy (non-hydrogen) atoms. The number of nitrogens with zero attached hydrogens (tertiary/aromatic N) is 2. The normalized spacial score (nSPS) is 18.6. The van der Waals surface area contributed by atoms with E-state index in [1.54, 1.807) is 7.11 Å². The molecule has 0 radical (unpaired) electrons. The van der Waals surface area contributed by atoms with Gasteiger partial charge >= 0.3 is 0 Å². The highest BCUT2D eigenvalue weighted by molar-refractivity contribution is 6.31. The van der Waals surface area contributed by atoms with E-state index < -0.39 is 0 Å². The molecule has 4 rings (SSSR count). The predicted molar refractivity (Wildman–Crippen MR) is 121 cm³/mol. The fourth-order valence-corrected chi connectivity index (χ4v) is 4.12. The number of methoxy groups -OCH3 is 1. The zero-order valence-corrected chi connectivity index (χ0v) is 18.1. The van der Waals surface area contributed by atoms with Gasteiger partial charge in [0.05, 0.1) is 11.4 Å². The van der Waals surface area contributed by atoms with E-state index in [4.69, 9.17) is 21.3 Å². The quantitative estimate of drug-likeness (QED) is 0.749. The molecule has 2 aliphatic heterocycles. The van der Waals surface area contributed by atoms with Crippen LogP contribution in [0.2, 0.25) is 5.02 Å². The van der Waals surface area contributed by atoms with Crippen molar-refractivity contribution in [3.63, 3.8) is 0 Å². The van der Waals surface area contributed by atoms with Gasteiger partial charge in [-0.3, -0.25) is 0 Å². The van der Waals surface area contributed by atoms with Crippen LogP contribution in [0.15, 0.2) is 41.4 Å². The maximum Gasteiger partial charge on any atom is 0.138 e. The lowest BCUT2D eigenvalue weighted by molar-refractivity contribution is 0.168. The van der Waals surface area contributed by atoms with E-state index in [0.29, 0.717) is 17.0 Å². The first-order valence-corrected chi connectivity index (χ1v) is 10.7. The Labute approximate surface area is 178 Å². The molecule has 1 fully saturated rings. The molecule has 154 valence electrons. The Bertz CT molecular complexity index is 912. The van der Waals surface area contributed by atoms with E-state index in [0.717, 1.165) is 61.1 Å². The molecule has 2 aromatic rings. The van der Waals surface area contributed by atoms with Crippen molar-refractivity contribution in [2.75, 3.05) is 38.7 Å². The fraction of sp³-hybridized carbons (Fsp3) is 0.435. The van der Waals surface area contributed by atoms with Crippen molar-refractivity contribution in [3.05, 3.63) is 52.5 Å². The molecule has 5 nitrogen and oxygen atoms in total. The molecule has 0 saturated carbocycles. The maximum atomic E-state index is 6.29. The lowest BCUT2D eigenvalue weighted by Crippen LogP contribution is -2.53. The van der Waals surface area contributed by atoms with Crippen LogP contribution in [0.4, 0.5) is 17.1 Å². The summed E-state index contributed by atoms with van der Waals surface area (Å²) < 4.78 is 5.29. The van der Waals surface area contributed by atoms with Crippen LogP contribution in [-0.4, -0.2) is 50.1 Å². The number of hydrogen-bond acceptors (Lipinski definition) is 5. The van der Waals surface area contributed by atoms with Crippen molar-refractivity contribution < 1.29 is 4.74 Å². The lowest BCUT2D eigenvalue weighted by Gasteiger charge is -2.36. The third kappa shape index (κ3) is 4.42. The summed E-state index contributed by atoms with van der Waals surface area (Å²) in [6.45, 7) is 7.97. The Hall–Kier alpha value is -2.08. The Balaban J connectivity index is 1.77. The summed E-state index contributed by atoms with van der Waals surface area (Å²) in [5.74, 6) is 1.47. The zero-order chi connectivity index (χ0) is 20.4. The number of hydrogen-bond donors (Lipinski definition) is 2. The molecule has 1 atom stereocenters. The van der Waals surface area contributed by atoms with Crippen LogP contribution in [0.25, 0.3) is 0 Å². The summed E-state index contributed by atoms with van der Waals surface area (Å²) in [4.78, 5) is 7.52. The number of benzene rings is 2. The third-order valence-corrected chi connectivity index (χ3v) is 5.87. The van der Waals surface area contributed by atoms with Gasteiger partial charge in [0, 0.05) is 55.7 Å². The van der Waals surface area contributed by atoms with Gasteiger partial charge in [0.2, 0.25) is 0 Å². The highest BCUT2D eigenvalue weighted by Gasteiger charge is 2.26. The van der Waals surface area contributed by atoms with Gasteiger partial charge in [-0.05, 0) is 48.2 Å². The molecule has 0 spiro atoms. The predicted octanol–water partition coefficient (Wildman–Crippen LogP) is 4.91. The van der Waals surface area contributed by atoms with Crippen molar-refractivity contribution in [3.8, 4) is 0 Å². The Morgan fingerprint density at radius 2 is 2.03 bits per heavy atom. The van der Waals surface area contributed by atoms with Gasteiger partial charge in [0.15, 0.2) is 0 Å². The number of amidine groups is 1. The Morgan fingerprint density at radius 1 is 1.21 bits per heavy atom. The van der Waals surface area contributed by atoms with Crippen LogP contribution < -0.4 is 10.6 Å². The van der Waals surface area contributed by atoms with E-state index in [1.807, 2.05) is 18.2 Å². The van der Waals surface area contributed by atoms with Crippen LogP contribution in [0, 0.1) is 0 Å². The first-order valence-electron chi connectivity index (χ1n) is 10.3. The van der Waals surface area contributed by atoms with E-state index in [-0.39, 0.29) is 0 Å². The smallest absolute Gasteiger partial charge is 0.138 e. The molecule has 6 heteroatoms. The van der Waals surface area contributed by atoms with Crippen molar-refractivity contribution >= 4 is 34.5 Å². The standard InChI is InChI=1S/C23H29ClN4O/c1-15(2)16-4-6-20-19(12-16)23(27-22-13-17(24)5-7-21(22)26-20)28-10-9-25-18(14-28)8-11-29-3/h4-7,12-13,15,18,25-26H,8-11,14H2,1-3H3/t18-/m0/s1. The van der Waals surface area contributed by atoms with Gasteiger partial charge in [-0.1, -0.05) is 31.5 Å². The Morgan fingerprint density at radius 3 is 2.83 bits per heavy atom. The third-order valence-electron chi connectivity index (χ3n) is 5.63. The first-order chi connectivity index (χ1) is 14.0. The summed E-state index contributed by atoms with van der Waals surface area (Å²) in [6, 6.07) is 12.9. The molecule has 1 saturated heterocycles. The summed E-state index contributed by atoms with van der Waals surface area (Å²) in [5.41, 5.74) is 5.40. The molecule has 0 amide bonds. The molecule has 2 heterocycles. The number of aliphatic imine (C=N–C) groups is 1. The minimum atomic E-state index is 0.387. The number of nitrogens with one attached hydrogen (secondary N) is 2. The number of anilines is 2.